The lowest BCUT2D eigenvalue weighted by atomic mass is 10.2. The number of nitrogens with zero attached hydrogens (tertiary/aromatic N) is 1. The number of methoxy groups -OCH3 is 1. The lowest BCUT2D eigenvalue weighted by Gasteiger charge is -2.18. The molecule has 30 heavy (non-hydrogen) atoms. The van der Waals surface area contributed by atoms with Gasteiger partial charge in [0.15, 0.2) is 6.10 Å². The fourth-order valence-electron chi connectivity index (χ4n) is 2.40. The zero-order valence-electron chi connectivity index (χ0n) is 16.6. The maximum Gasteiger partial charge on any atom is 0.329 e. The van der Waals surface area contributed by atoms with Crippen molar-refractivity contribution in [2.24, 2.45) is 0 Å². The number of rotatable bonds is 8. The number of carbonyl (C=O) groups is 3. The van der Waals surface area contributed by atoms with Crippen molar-refractivity contribution in [2.75, 3.05) is 12.4 Å². The van der Waals surface area contributed by atoms with Crippen LogP contribution in [0.3, 0.4) is 0 Å². The zero-order valence-corrected chi connectivity index (χ0v) is 16.6. The molecule has 0 fully saturated rings. The third-order valence-electron chi connectivity index (χ3n) is 4.05. The summed E-state index contributed by atoms with van der Waals surface area (Å²) in [5.74, 6) is -1.79. The normalized spacial score (nSPS) is 12.2. The average molecular weight is 415 g/mol. The molecule has 0 bridgehead atoms. The molecule has 2 unspecified atom stereocenters. The summed E-state index contributed by atoms with van der Waals surface area (Å²) < 4.78 is 10.2. The molecule has 0 spiro atoms. The summed E-state index contributed by atoms with van der Waals surface area (Å²) in [6.45, 7) is 2.76. The molecule has 0 aliphatic heterocycles. The molecule has 2 amide bonds. The Bertz CT molecular complexity index is 947. The Morgan fingerprint density at radius 2 is 1.73 bits per heavy atom. The summed E-state index contributed by atoms with van der Waals surface area (Å²) in [6.07, 6.45) is -1.22. The second-order valence-corrected chi connectivity index (χ2v) is 6.27. The van der Waals surface area contributed by atoms with Gasteiger partial charge >= 0.3 is 5.97 Å². The highest BCUT2D eigenvalue weighted by molar-refractivity contribution is 5.98. The molecule has 10 heteroatoms. The van der Waals surface area contributed by atoms with Crippen LogP contribution in [0.4, 0.5) is 11.4 Å². The molecule has 2 N–H and O–H groups in total. The number of carbonyl (C=O) groups excluding carboxylic acids is 3. The fraction of sp³-hybridized carbons (Fsp3) is 0.250. The van der Waals surface area contributed by atoms with Crippen molar-refractivity contribution in [3.63, 3.8) is 0 Å². The SMILES string of the molecule is COc1ccc([N+](=O)[O-])cc1NC(=O)C(C)OC(=O)C(C)NC(=O)c1ccccc1. The number of anilines is 1. The van der Waals surface area contributed by atoms with E-state index in [-0.39, 0.29) is 17.1 Å². The van der Waals surface area contributed by atoms with E-state index in [4.69, 9.17) is 9.47 Å². The smallest absolute Gasteiger partial charge is 0.329 e. The zero-order chi connectivity index (χ0) is 22.3. The molecule has 0 saturated heterocycles. The molecule has 0 aromatic heterocycles. The van der Waals surface area contributed by atoms with Gasteiger partial charge in [0.25, 0.3) is 17.5 Å². The standard InChI is InChI=1S/C20H21N3O7/c1-12(21-19(25)14-7-5-4-6-8-14)20(26)30-13(2)18(24)22-16-11-15(23(27)28)9-10-17(16)29-3/h4-13H,1-3H3,(H,21,25)(H,22,24). The molecular weight excluding hydrogens is 394 g/mol. The molecule has 0 saturated carbocycles. The van der Waals surface area contributed by atoms with Gasteiger partial charge in [0.05, 0.1) is 17.7 Å². The van der Waals surface area contributed by atoms with Gasteiger partial charge in [-0.25, -0.2) is 4.79 Å². The summed E-state index contributed by atoms with van der Waals surface area (Å²) in [6, 6.07) is 11.0. The first-order valence-electron chi connectivity index (χ1n) is 8.92. The van der Waals surface area contributed by atoms with Crippen LogP contribution < -0.4 is 15.4 Å². The van der Waals surface area contributed by atoms with Crippen molar-refractivity contribution in [3.8, 4) is 5.75 Å². The molecule has 10 nitrogen and oxygen atoms in total. The minimum atomic E-state index is -1.22. The van der Waals surface area contributed by atoms with E-state index in [2.05, 4.69) is 10.6 Å². The Morgan fingerprint density at radius 3 is 2.33 bits per heavy atom. The molecule has 2 aromatic carbocycles. The molecular formula is C20H21N3O7. The predicted molar refractivity (Wildman–Crippen MR) is 107 cm³/mol. The number of nitrogens with one attached hydrogen (secondary N) is 2. The Balaban J connectivity index is 1.98. The van der Waals surface area contributed by atoms with Gasteiger partial charge in [0, 0.05) is 17.7 Å². The van der Waals surface area contributed by atoms with E-state index in [1.807, 2.05) is 0 Å². The number of esters is 1. The summed E-state index contributed by atoms with van der Waals surface area (Å²) >= 11 is 0. The second kappa shape index (κ2) is 10.0. The Morgan fingerprint density at radius 1 is 1.07 bits per heavy atom. The Hall–Kier alpha value is -3.95. The third kappa shape index (κ3) is 5.77. The van der Waals surface area contributed by atoms with Gasteiger partial charge in [-0.1, -0.05) is 18.2 Å². The minimum Gasteiger partial charge on any atom is -0.495 e. The number of amides is 2. The van der Waals surface area contributed by atoms with Crippen LogP contribution in [0.15, 0.2) is 48.5 Å². The Labute approximate surface area is 172 Å². The molecule has 2 atom stereocenters. The molecule has 2 aromatic rings. The maximum atomic E-state index is 12.4. The van der Waals surface area contributed by atoms with Crippen LogP contribution in [0, 0.1) is 10.1 Å². The summed E-state index contributed by atoms with van der Waals surface area (Å²) in [5, 5.41) is 15.9. The van der Waals surface area contributed by atoms with E-state index in [9.17, 15) is 24.5 Å². The van der Waals surface area contributed by atoms with E-state index in [1.54, 1.807) is 30.3 Å². The van der Waals surface area contributed by atoms with Crippen molar-refractivity contribution in [2.45, 2.75) is 26.0 Å². The highest BCUT2D eigenvalue weighted by atomic mass is 16.6. The van der Waals surface area contributed by atoms with E-state index in [0.29, 0.717) is 5.56 Å². The van der Waals surface area contributed by atoms with Crippen LogP contribution in [-0.2, 0) is 14.3 Å². The van der Waals surface area contributed by atoms with Crippen LogP contribution in [0.1, 0.15) is 24.2 Å². The summed E-state index contributed by atoms with van der Waals surface area (Å²) in [7, 11) is 1.34. The number of nitro groups is 1. The lowest BCUT2D eigenvalue weighted by Crippen LogP contribution is -2.42. The van der Waals surface area contributed by atoms with Crippen molar-refractivity contribution in [1.29, 1.82) is 0 Å². The van der Waals surface area contributed by atoms with E-state index in [1.165, 1.54) is 33.1 Å². The monoisotopic (exact) mass is 415 g/mol. The van der Waals surface area contributed by atoms with Gasteiger partial charge in [-0.3, -0.25) is 19.7 Å². The van der Waals surface area contributed by atoms with Crippen molar-refractivity contribution < 1.29 is 28.8 Å². The van der Waals surface area contributed by atoms with Crippen LogP contribution in [0.5, 0.6) is 5.75 Å². The highest BCUT2D eigenvalue weighted by Gasteiger charge is 2.24. The first-order valence-corrected chi connectivity index (χ1v) is 8.92. The summed E-state index contributed by atoms with van der Waals surface area (Å²) in [5.41, 5.74) is 0.193. The quantitative estimate of drug-likeness (QED) is 0.383. The van der Waals surface area contributed by atoms with Crippen LogP contribution in [-0.4, -0.2) is 42.0 Å². The largest absolute Gasteiger partial charge is 0.495 e. The maximum absolute atomic E-state index is 12.4. The number of hydrogen-bond acceptors (Lipinski definition) is 7. The topological polar surface area (TPSA) is 137 Å². The van der Waals surface area contributed by atoms with Crippen molar-refractivity contribution in [3.05, 3.63) is 64.2 Å². The predicted octanol–water partition coefficient (Wildman–Crippen LogP) is 2.29. The van der Waals surface area contributed by atoms with Gasteiger partial charge in [0.1, 0.15) is 11.8 Å². The first kappa shape index (κ1) is 22.3. The molecule has 0 aliphatic rings. The van der Waals surface area contributed by atoms with Gasteiger partial charge < -0.3 is 20.1 Å². The molecule has 0 aliphatic carbocycles. The Kier molecular flexibility index (Phi) is 7.45. The second-order valence-electron chi connectivity index (χ2n) is 6.27. The number of non-ortho nitro benzene ring substituents is 1. The van der Waals surface area contributed by atoms with E-state index in [0.717, 1.165) is 6.07 Å². The highest BCUT2D eigenvalue weighted by Crippen LogP contribution is 2.29. The van der Waals surface area contributed by atoms with Gasteiger partial charge in [-0.15, -0.1) is 0 Å². The van der Waals surface area contributed by atoms with E-state index >= 15 is 0 Å². The van der Waals surface area contributed by atoms with Crippen molar-refractivity contribution in [1.82, 2.24) is 5.32 Å². The molecule has 158 valence electrons. The first-order chi connectivity index (χ1) is 14.2. The van der Waals surface area contributed by atoms with E-state index < -0.39 is 34.9 Å². The van der Waals surface area contributed by atoms with Gasteiger partial charge in [-0.2, -0.15) is 0 Å². The third-order valence-corrected chi connectivity index (χ3v) is 4.05. The number of ether oxygens (including phenoxy) is 2. The van der Waals surface area contributed by atoms with Crippen LogP contribution in [0.2, 0.25) is 0 Å². The van der Waals surface area contributed by atoms with Gasteiger partial charge in [-0.05, 0) is 32.0 Å². The molecule has 0 radical (unpaired) electrons. The minimum absolute atomic E-state index is 0.0602. The van der Waals surface area contributed by atoms with Crippen molar-refractivity contribution >= 4 is 29.2 Å². The average Bonchev–Trinajstić information content (AvgIpc) is 2.73. The molecule has 0 heterocycles. The van der Waals surface area contributed by atoms with Gasteiger partial charge in [0.2, 0.25) is 0 Å². The number of benzene rings is 2. The number of hydrogen-bond donors (Lipinski definition) is 2. The molecule has 2 rings (SSSR count). The van der Waals surface area contributed by atoms with Crippen LogP contribution in [0.25, 0.3) is 0 Å². The fourth-order valence-corrected chi connectivity index (χ4v) is 2.40. The number of nitro benzene ring substituents is 1. The summed E-state index contributed by atoms with van der Waals surface area (Å²) in [4.78, 5) is 47.0. The lowest BCUT2D eigenvalue weighted by molar-refractivity contribution is -0.384. The van der Waals surface area contributed by atoms with Crippen LogP contribution >= 0.6 is 0 Å².